The van der Waals surface area contributed by atoms with E-state index in [1.54, 1.807) is 0 Å². The Hall–Kier alpha value is -0.673. The first-order chi connectivity index (χ1) is 22.0. The molecule has 6 saturated carbocycles. The van der Waals surface area contributed by atoms with E-state index in [0.29, 0.717) is 48.7 Å². The van der Waals surface area contributed by atoms with Crippen molar-refractivity contribution in [1.29, 1.82) is 0 Å². The maximum absolute atomic E-state index is 11.9. The molecule has 1 radical (unpaired) electrons. The molecule has 3 heterocycles. The summed E-state index contributed by atoms with van der Waals surface area (Å²) >= 11 is 0. The van der Waals surface area contributed by atoms with Gasteiger partial charge in [-0.15, -0.1) is 0 Å². The van der Waals surface area contributed by atoms with Gasteiger partial charge in [-0.3, -0.25) is 0 Å². The maximum Gasteiger partial charge on any atom is 0.504 e. The molecule has 0 aromatic rings. The van der Waals surface area contributed by atoms with Crippen molar-refractivity contribution in [2.45, 2.75) is 121 Å². The fraction of sp³-hybridized carbons (Fsp3) is 0.946. The molecule has 251 valence electrons. The maximum atomic E-state index is 11.9. The van der Waals surface area contributed by atoms with Gasteiger partial charge in [0, 0.05) is 37.8 Å². The highest BCUT2D eigenvalue weighted by Crippen LogP contribution is 2.62. The lowest BCUT2D eigenvalue weighted by molar-refractivity contribution is -0.182. The minimum atomic E-state index is -2.59. The summed E-state index contributed by atoms with van der Waals surface area (Å²) in [6, 6.07) is 0. The third-order valence-corrected chi connectivity index (χ3v) is 18.8. The van der Waals surface area contributed by atoms with Gasteiger partial charge in [0.05, 0.1) is 12.2 Å². The Morgan fingerprint density at radius 2 is 1.24 bits per heavy atom. The van der Waals surface area contributed by atoms with Crippen LogP contribution in [0.15, 0.2) is 0 Å². The summed E-state index contributed by atoms with van der Waals surface area (Å²) in [6.07, 6.45) is 20.8. The van der Waals surface area contributed by atoms with Gasteiger partial charge in [0.15, 0.2) is 0 Å². The second kappa shape index (κ2) is 12.0. The lowest BCUT2D eigenvalue weighted by Crippen LogP contribution is -2.58. The zero-order chi connectivity index (χ0) is 30.3. The van der Waals surface area contributed by atoms with E-state index in [1.165, 1.54) is 70.6 Å². The quantitative estimate of drug-likeness (QED) is 0.333. The zero-order valence-corrected chi connectivity index (χ0v) is 28.8. The molecule has 9 rings (SSSR count). The van der Waals surface area contributed by atoms with E-state index in [4.69, 9.17) is 22.8 Å². The average molecular weight is 641 g/mol. The smallest absolute Gasteiger partial charge is 0.446 e. The number of fused-ring (bicyclic) bond motifs is 8. The van der Waals surface area contributed by atoms with Gasteiger partial charge in [0.1, 0.15) is 6.10 Å². The van der Waals surface area contributed by atoms with E-state index in [0.717, 1.165) is 79.3 Å². The molecule has 0 aromatic heterocycles. The highest BCUT2D eigenvalue weighted by atomic mass is 28.4. The molecular formula is C37H58NO6Si. The van der Waals surface area contributed by atoms with Crippen LogP contribution in [0.2, 0.25) is 5.54 Å². The van der Waals surface area contributed by atoms with Crippen LogP contribution in [0.25, 0.3) is 0 Å². The molecule has 16 atom stereocenters. The number of amides is 1. The first-order valence-corrected chi connectivity index (χ1v) is 21.2. The summed E-state index contributed by atoms with van der Waals surface area (Å²) in [5.41, 5.74) is 0.522. The molecule has 0 bridgehead atoms. The third-order valence-electron chi connectivity index (χ3n) is 15.2. The summed E-state index contributed by atoms with van der Waals surface area (Å²) in [5, 5.41) is 2.92. The standard InChI is InChI=1S/C37H58NO6Si/c1-3-40-45(41-4-2)36-19-29-13-26-10-24-11-27-14-30-15-31-17-35-32(20-38-37(39)44-35)18-34(31)43-33(30)16-28(27)12-25(24)9-23(26)8-22(29)7-21(36)5-6-42-45/h12,21-36H,3-11,13-20H2,1-2H3,(H,38,39). The van der Waals surface area contributed by atoms with E-state index in [9.17, 15) is 4.79 Å². The van der Waals surface area contributed by atoms with Crippen LogP contribution in [-0.4, -0.2) is 59.6 Å². The van der Waals surface area contributed by atoms with Crippen LogP contribution in [0, 0.1) is 77.4 Å². The van der Waals surface area contributed by atoms with Crippen molar-refractivity contribution in [2.24, 2.45) is 71.0 Å². The van der Waals surface area contributed by atoms with Gasteiger partial charge in [-0.1, -0.05) is 0 Å². The molecule has 7 nitrogen and oxygen atoms in total. The molecule has 8 heteroatoms. The molecule has 16 unspecified atom stereocenters. The van der Waals surface area contributed by atoms with Gasteiger partial charge in [-0.05, 0) is 169 Å². The Labute approximate surface area is 272 Å². The van der Waals surface area contributed by atoms with Crippen molar-refractivity contribution in [1.82, 2.24) is 5.32 Å². The molecule has 1 N–H and O–H groups in total. The van der Waals surface area contributed by atoms with Gasteiger partial charge in [0.25, 0.3) is 0 Å². The Bertz CT molecular complexity index is 1100. The Morgan fingerprint density at radius 3 is 2.04 bits per heavy atom. The minimum absolute atomic E-state index is 0.100. The van der Waals surface area contributed by atoms with Crippen LogP contribution < -0.4 is 5.32 Å². The van der Waals surface area contributed by atoms with Gasteiger partial charge in [-0.25, -0.2) is 4.79 Å². The molecule has 3 aliphatic heterocycles. The molecule has 9 fully saturated rings. The number of carbonyl (C=O) groups is 1. The minimum Gasteiger partial charge on any atom is -0.446 e. The van der Waals surface area contributed by atoms with E-state index in [-0.39, 0.29) is 12.2 Å². The molecule has 1 amide bonds. The summed E-state index contributed by atoms with van der Waals surface area (Å²) in [7, 11) is -2.59. The molecule has 6 aliphatic carbocycles. The van der Waals surface area contributed by atoms with E-state index < -0.39 is 8.80 Å². The molecular weight excluding hydrogens is 582 g/mol. The second-order valence-electron chi connectivity index (χ2n) is 17.2. The van der Waals surface area contributed by atoms with Crippen LogP contribution in [0.5, 0.6) is 0 Å². The van der Waals surface area contributed by atoms with Gasteiger partial charge in [0.2, 0.25) is 0 Å². The Balaban J connectivity index is 0.846. The van der Waals surface area contributed by atoms with Crippen LogP contribution in [-0.2, 0) is 22.8 Å². The first kappa shape index (κ1) is 30.4. The van der Waals surface area contributed by atoms with Crippen LogP contribution in [0.3, 0.4) is 0 Å². The summed E-state index contributed by atoms with van der Waals surface area (Å²) in [4.78, 5) is 11.9. The summed E-state index contributed by atoms with van der Waals surface area (Å²) < 4.78 is 32.1. The second-order valence-corrected chi connectivity index (χ2v) is 20.0. The molecule has 0 aromatic carbocycles. The van der Waals surface area contributed by atoms with E-state index in [1.807, 2.05) is 0 Å². The number of hydrogen-bond acceptors (Lipinski definition) is 6. The molecule has 3 saturated heterocycles. The molecule has 9 aliphatic rings. The fourth-order valence-electron chi connectivity index (χ4n) is 13.4. The predicted octanol–water partition coefficient (Wildman–Crippen LogP) is 7.03. The predicted molar refractivity (Wildman–Crippen MR) is 172 cm³/mol. The van der Waals surface area contributed by atoms with Crippen molar-refractivity contribution < 1.29 is 27.5 Å². The third kappa shape index (κ3) is 5.38. The zero-order valence-electron chi connectivity index (χ0n) is 27.8. The van der Waals surface area contributed by atoms with E-state index >= 15 is 0 Å². The molecule has 45 heavy (non-hydrogen) atoms. The van der Waals surface area contributed by atoms with E-state index in [2.05, 4.69) is 25.6 Å². The van der Waals surface area contributed by atoms with Gasteiger partial charge < -0.3 is 28.1 Å². The van der Waals surface area contributed by atoms with Crippen molar-refractivity contribution in [3.63, 3.8) is 0 Å². The highest BCUT2D eigenvalue weighted by molar-refractivity contribution is 6.62. The SMILES string of the molecule is CCO[Si]1(OCC)OCCC2CC3CC4CC5[CH]C6CC7OC8CC9CNC(=O)OC9CC8CC7CC6CC5CC4CC3CC21. The fourth-order valence-corrected chi connectivity index (χ4v) is 17.0. The number of ether oxygens (including phenoxy) is 2. The highest BCUT2D eigenvalue weighted by Gasteiger charge is 2.60. The topological polar surface area (TPSA) is 75.3 Å². The number of hydrogen-bond donors (Lipinski definition) is 1. The van der Waals surface area contributed by atoms with Crippen LogP contribution in [0.4, 0.5) is 4.79 Å². The number of carbonyl (C=O) groups excluding carboxylic acids is 1. The summed E-state index contributed by atoms with van der Waals surface area (Å²) in [6.45, 7) is 7.23. The average Bonchev–Trinajstić information content (AvgIpc) is 3.02. The van der Waals surface area contributed by atoms with Crippen molar-refractivity contribution in [2.75, 3.05) is 26.4 Å². The van der Waals surface area contributed by atoms with Gasteiger partial charge in [-0.2, -0.15) is 0 Å². The summed E-state index contributed by atoms with van der Waals surface area (Å²) in [5.74, 6) is 9.40. The van der Waals surface area contributed by atoms with Crippen molar-refractivity contribution in [3.8, 4) is 0 Å². The number of nitrogens with one attached hydrogen (secondary N) is 1. The number of alkyl carbamates (subject to hydrolysis) is 1. The monoisotopic (exact) mass is 640 g/mol. The largest absolute Gasteiger partial charge is 0.504 e. The van der Waals surface area contributed by atoms with Gasteiger partial charge >= 0.3 is 14.9 Å². The van der Waals surface area contributed by atoms with Crippen molar-refractivity contribution >= 4 is 14.9 Å². The Kier molecular flexibility index (Phi) is 8.12. The number of rotatable bonds is 4. The van der Waals surface area contributed by atoms with Crippen LogP contribution in [0.1, 0.15) is 97.3 Å². The van der Waals surface area contributed by atoms with Crippen LogP contribution >= 0.6 is 0 Å². The van der Waals surface area contributed by atoms with Crippen molar-refractivity contribution in [3.05, 3.63) is 6.42 Å². The lowest BCUT2D eigenvalue weighted by Gasteiger charge is -2.58. The lowest BCUT2D eigenvalue weighted by atomic mass is 9.50. The first-order valence-electron chi connectivity index (χ1n) is 19.3. The normalized spacial score (nSPS) is 52.9. The molecule has 0 spiro atoms. The Morgan fingerprint density at radius 1 is 0.667 bits per heavy atom.